The quantitative estimate of drug-likeness (QED) is 0.729. The molecule has 1 aromatic rings. The standard InChI is InChI=1S/C11H16GeO5/c1-14-7-5-6(11(12)13)8(15-2)10(17-4)9(7)16-3/h5H,1-4,12H3. The van der Waals surface area contributed by atoms with Crippen LogP contribution in [0.1, 0.15) is 10.4 Å². The van der Waals surface area contributed by atoms with Gasteiger partial charge in [-0.25, -0.2) is 0 Å². The van der Waals surface area contributed by atoms with E-state index in [0.29, 0.717) is 28.6 Å². The van der Waals surface area contributed by atoms with E-state index in [1.54, 1.807) is 6.07 Å². The number of hydrogen-bond donors (Lipinski definition) is 0. The van der Waals surface area contributed by atoms with Gasteiger partial charge in [0.05, 0.1) is 0 Å². The van der Waals surface area contributed by atoms with Crippen molar-refractivity contribution in [3.63, 3.8) is 0 Å². The first-order chi connectivity index (χ1) is 8.10. The van der Waals surface area contributed by atoms with Crippen LogP contribution in [0.4, 0.5) is 0 Å². The SMILES string of the molecule is COc1cc([C](=O)[GeH3])c(OC)c(OC)c1OC. The molecule has 0 saturated heterocycles. The zero-order valence-corrected chi connectivity index (χ0v) is 14.8. The minimum atomic E-state index is 0.0187. The van der Waals surface area contributed by atoms with Crippen LogP contribution < -0.4 is 18.9 Å². The van der Waals surface area contributed by atoms with Gasteiger partial charge in [0.25, 0.3) is 0 Å². The number of hydrogen-bond acceptors (Lipinski definition) is 5. The van der Waals surface area contributed by atoms with E-state index in [1.165, 1.54) is 28.4 Å². The summed E-state index contributed by atoms with van der Waals surface area (Å²) in [5.74, 6) is 1.65. The van der Waals surface area contributed by atoms with Gasteiger partial charge in [-0.1, -0.05) is 0 Å². The first kappa shape index (κ1) is 13.7. The number of rotatable bonds is 5. The van der Waals surface area contributed by atoms with E-state index >= 15 is 0 Å². The summed E-state index contributed by atoms with van der Waals surface area (Å²) in [5, 5.41) is 0. The van der Waals surface area contributed by atoms with Gasteiger partial charge in [0, 0.05) is 0 Å². The average Bonchev–Trinajstić information content (AvgIpc) is 2.35. The topological polar surface area (TPSA) is 54.0 Å². The summed E-state index contributed by atoms with van der Waals surface area (Å²) in [6.07, 6.45) is 0. The summed E-state index contributed by atoms with van der Waals surface area (Å²) in [6.45, 7) is 0. The van der Waals surface area contributed by atoms with Gasteiger partial charge >= 0.3 is 108 Å². The van der Waals surface area contributed by atoms with E-state index in [2.05, 4.69) is 0 Å². The summed E-state index contributed by atoms with van der Waals surface area (Å²) in [6, 6.07) is 1.62. The molecule has 0 aromatic heterocycles. The molecule has 0 aliphatic carbocycles. The second kappa shape index (κ2) is 5.81. The van der Waals surface area contributed by atoms with E-state index < -0.39 is 0 Å². The fourth-order valence-electron chi connectivity index (χ4n) is 1.59. The van der Waals surface area contributed by atoms with E-state index in [-0.39, 0.29) is 21.1 Å². The molecule has 0 aliphatic heterocycles. The van der Waals surface area contributed by atoms with Crippen LogP contribution in [-0.4, -0.2) is 49.6 Å². The van der Waals surface area contributed by atoms with Crippen LogP contribution in [-0.2, 0) is 0 Å². The summed E-state index contributed by atoms with van der Waals surface area (Å²) in [5.41, 5.74) is 0.474. The molecule has 0 N–H and O–H groups in total. The van der Waals surface area contributed by atoms with E-state index in [1.807, 2.05) is 0 Å². The molecule has 0 bridgehead atoms. The van der Waals surface area contributed by atoms with Crippen LogP contribution >= 0.6 is 0 Å². The number of benzene rings is 1. The molecule has 0 heterocycles. The molecule has 6 heteroatoms. The summed E-state index contributed by atoms with van der Waals surface area (Å²) >= 11 is 0.0187. The Hall–Kier alpha value is -1.37. The zero-order valence-electron chi connectivity index (χ0n) is 10.6. The summed E-state index contributed by atoms with van der Waals surface area (Å²) < 4.78 is 20.9. The van der Waals surface area contributed by atoms with Crippen molar-refractivity contribution in [3.05, 3.63) is 11.6 Å². The van der Waals surface area contributed by atoms with Crippen molar-refractivity contribution in [2.24, 2.45) is 0 Å². The van der Waals surface area contributed by atoms with E-state index in [9.17, 15) is 4.79 Å². The average molecular weight is 301 g/mol. The Morgan fingerprint density at radius 3 is 1.82 bits per heavy atom. The normalized spacial score (nSPS) is 9.88. The molecule has 0 amide bonds. The molecular weight excluding hydrogens is 285 g/mol. The molecular formula is C11H16GeO5. The molecule has 5 nitrogen and oxygen atoms in total. The van der Waals surface area contributed by atoms with Crippen LogP contribution in [0.5, 0.6) is 23.0 Å². The Kier molecular flexibility index (Phi) is 4.68. The third-order valence-electron chi connectivity index (χ3n) is 2.37. The van der Waals surface area contributed by atoms with Crippen molar-refractivity contribution in [3.8, 4) is 23.0 Å². The predicted molar refractivity (Wildman–Crippen MR) is 66.9 cm³/mol. The molecule has 0 aliphatic rings. The van der Waals surface area contributed by atoms with Gasteiger partial charge in [-0.3, -0.25) is 0 Å². The number of methoxy groups -OCH3 is 4. The molecule has 0 atom stereocenters. The molecule has 0 unspecified atom stereocenters. The Balaban J connectivity index is 3.60. The van der Waals surface area contributed by atoms with Gasteiger partial charge in [-0.2, -0.15) is 0 Å². The van der Waals surface area contributed by atoms with Gasteiger partial charge in [0.15, 0.2) is 0 Å². The molecule has 0 saturated carbocycles. The molecule has 17 heavy (non-hydrogen) atoms. The molecule has 0 fully saturated rings. The first-order valence-corrected chi connectivity index (χ1v) is 7.08. The summed E-state index contributed by atoms with van der Waals surface area (Å²) in [7, 11) is 5.99. The number of ether oxygens (including phenoxy) is 4. The molecule has 0 spiro atoms. The van der Waals surface area contributed by atoms with Gasteiger partial charge in [-0.05, 0) is 0 Å². The van der Waals surface area contributed by atoms with Crippen LogP contribution in [0.25, 0.3) is 0 Å². The maximum absolute atomic E-state index is 11.6. The van der Waals surface area contributed by atoms with Gasteiger partial charge in [-0.15, -0.1) is 0 Å². The Morgan fingerprint density at radius 1 is 0.941 bits per heavy atom. The third-order valence-corrected chi connectivity index (χ3v) is 3.50. The second-order valence-electron chi connectivity index (χ2n) is 3.28. The van der Waals surface area contributed by atoms with Gasteiger partial charge in [0.1, 0.15) is 0 Å². The maximum atomic E-state index is 11.6. The Labute approximate surface area is 108 Å². The van der Waals surface area contributed by atoms with E-state index in [4.69, 9.17) is 18.9 Å². The molecule has 1 rings (SSSR count). The zero-order chi connectivity index (χ0) is 13.0. The van der Waals surface area contributed by atoms with Gasteiger partial charge in [0.2, 0.25) is 0 Å². The van der Waals surface area contributed by atoms with Crippen LogP contribution in [0.2, 0.25) is 0 Å². The van der Waals surface area contributed by atoms with Crippen LogP contribution in [0, 0.1) is 0 Å². The first-order valence-electron chi connectivity index (χ1n) is 4.98. The van der Waals surface area contributed by atoms with Gasteiger partial charge < -0.3 is 0 Å². The van der Waals surface area contributed by atoms with Crippen molar-refractivity contribution in [2.75, 3.05) is 28.4 Å². The van der Waals surface area contributed by atoms with Crippen LogP contribution in [0.15, 0.2) is 6.07 Å². The van der Waals surface area contributed by atoms with Crippen molar-refractivity contribution in [2.45, 2.75) is 0 Å². The summed E-state index contributed by atoms with van der Waals surface area (Å²) in [4.78, 5) is 11.6. The fourth-order valence-corrected chi connectivity index (χ4v) is 2.37. The molecule has 94 valence electrons. The third kappa shape index (κ3) is 2.49. The van der Waals surface area contributed by atoms with Crippen molar-refractivity contribution < 1.29 is 23.7 Å². The van der Waals surface area contributed by atoms with Crippen molar-refractivity contribution in [1.82, 2.24) is 0 Å². The van der Waals surface area contributed by atoms with E-state index in [0.717, 1.165) is 0 Å². The number of carbonyl (C=O) groups excluding carboxylic acids is 1. The van der Waals surface area contributed by atoms with Crippen molar-refractivity contribution in [1.29, 1.82) is 0 Å². The van der Waals surface area contributed by atoms with Crippen LogP contribution in [0.3, 0.4) is 0 Å². The minimum absolute atomic E-state index is 0.0187. The molecule has 1 aromatic carbocycles. The Bertz CT molecular complexity index is 430. The monoisotopic (exact) mass is 302 g/mol. The Morgan fingerprint density at radius 2 is 1.47 bits per heavy atom. The number of carbonyl (C=O) groups is 1. The fraction of sp³-hybridized carbons (Fsp3) is 0.364. The van der Waals surface area contributed by atoms with Crippen molar-refractivity contribution >= 4 is 21.1 Å². The second-order valence-corrected chi connectivity index (χ2v) is 5.19. The molecule has 0 radical (unpaired) electrons. The predicted octanol–water partition coefficient (Wildman–Crippen LogP) is 0.227.